The maximum absolute atomic E-state index is 11.7. The Morgan fingerprint density at radius 3 is 2.74 bits per heavy atom. The summed E-state index contributed by atoms with van der Waals surface area (Å²) in [5.74, 6) is 0. The third-order valence-electron chi connectivity index (χ3n) is 2.21. The van der Waals surface area contributed by atoms with Gasteiger partial charge in [0.1, 0.15) is 5.60 Å². The first kappa shape index (κ1) is 15.9. The van der Waals surface area contributed by atoms with E-state index in [-0.39, 0.29) is 6.04 Å². The first-order valence-electron chi connectivity index (χ1n) is 6.02. The summed E-state index contributed by atoms with van der Waals surface area (Å²) in [4.78, 5) is 13.2. The predicted molar refractivity (Wildman–Crippen MR) is 82.6 cm³/mol. The number of hydrogen-bond acceptors (Lipinski definition) is 4. The molecule has 1 rings (SSSR count). The molecular weight excluding hydrogens is 280 g/mol. The van der Waals surface area contributed by atoms with Crippen LogP contribution in [0.2, 0.25) is 0 Å². The highest BCUT2D eigenvalue weighted by atomic mass is 32.1. The summed E-state index contributed by atoms with van der Waals surface area (Å²) in [6, 6.07) is 1.91. The fourth-order valence-corrected chi connectivity index (χ4v) is 2.56. The number of carbonyl (C=O) groups excluding carboxylic acids is 1. The molecule has 0 radical (unpaired) electrons. The minimum Gasteiger partial charge on any atom is -0.444 e. The van der Waals surface area contributed by atoms with E-state index in [1.54, 1.807) is 11.3 Å². The number of nitrogens with two attached hydrogens (primary N) is 1. The van der Waals surface area contributed by atoms with Crippen LogP contribution < -0.4 is 11.1 Å². The van der Waals surface area contributed by atoms with Crippen molar-refractivity contribution >= 4 is 34.6 Å². The van der Waals surface area contributed by atoms with Gasteiger partial charge >= 0.3 is 6.09 Å². The largest absolute Gasteiger partial charge is 0.444 e. The molecule has 6 heteroatoms. The molecule has 0 aliphatic rings. The molecule has 0 aliphatic heterocycles. The summed E-state index contributed by atoms with van der Waals surface area (Å²) < 4.78 is 5.22. The molecule has 3 N–H and O–H groups in total. The molecule has 1 amide bonds. The first-order chi connectivity index (χ1) is 8.67. The lowest BCUT2D eigenvalue weighted by molar-refractivity contribution is 0.0509. The number of thiophene rings is 1. The SMILES string of the molecule is C[C@@H](NC(=O)OC(C)(C)C)c1cc(CC(N)=S)cs1. The van der Waals surface area contributed by atoms with Crippen molar-refractivity contribution in [3.8, 4) is 0 Å². The molecule has 1 heterocycles. The first-order valence-corrected chi connectivity index (χ1v) is 7.31. The van der Waals surface area contributed by atoms with Crippen molar-refractivity contribution in [2.24, 2.45) is 5.73 Å². The van der Waals surface area contributed by atoms with E-state index in [0.29, 0.717) is 11.4 Å². The number of amides is 1. The molecule has 1 aromatic rings. The van der Waals surface area contributed by atoms with E-state index in [9.17, 15) is 4.79 Å². The molecular formula is C13H20N2O2S2. The second kappa shape index (κ2) is 6.34. The summed E-state index contributed by atoms with van der Waals surface area (Å²) in [5.41, 5.74) is 6.09. The van der Waals surface area contributed by atoms with Crippen molar-refractivity contribution in [1.82, 2.24) is 5.32 Å². The number of hydrogen-bond donors (Lipinski definition) is 2. The summed E-state index contributed by atoms with van der Waals surface area (Å²) in [6.45, 7) is 7.42. The highest BCUT2D eigenvalue weighted by molar-refractivity contribution is 7.80. The third kappa shape index (κ3) is 6.02. The highest BCUT2D eigenvalue weighted by Gasteiger charge is 2.19. The van der Waals surface area contributed by atoms with Crippen LogP contribution in [0, 0.1) is 0 Å². The normalized spacial score (nSPS) is 12.8. The molecule has 0 fully saturated rings. The van der Waals surface area contributed by atoms with Gasteiger partial charge in [-0.15, -0.1) is 11.3 Å². The van der Waals surface area contributed by atoms with Gasteiger partial charge in [-0.1, -0.05) is 12.2 Å². The van der Waals surface area contributed by atoms with Crippen LogP contribution in [-0.2, 0) is 11.2 Å². The topological polar surface area (TPSA) is 64.3 Å². The minimum atomic E-state index is -0.490. The van der Waals surface area contributed by atoms with Gasteiger partial charge in [-0.25, -0.2) is 4.79 Å². The number of carbonyl (C=O) groups is 1. The fourth-order valence-electron chi connectivity index (χ4n) is 1.47. The monoisotopic (exact) mass is 300 g/mol. The Labute approximate surface area is 123 Å². The Balaban J connectivity index is 2.58. The zero-order valence-corrected chi connectivity index (χ0v) is 13.3. The third-order valence-corrected chi connectivity index (χ3v) is 3.52. The maximum atomic E-state index is 11.7. The second-order valence-electron chi connectivity index (χ2n) is 5.37. The Morgan fingerprint density at radius 1 is 1.58 bits per heavy atom. The van der Waals surface area contributed by atoms with Crippen LogP contribution in [0.25, 0.3) is 0 Å². The number of thiocarbonyl (C=S) groups is 1. The maximum Gasteiger partial charge on any atom is 0.408 e. The van der Waals surface area contributed by atoms with Crippen LogP contribution in [0.4, 0.5) is 4.79 Å². The average molecular weight is 300 g/mol. The van der Waals surface area contributed by atoms with Crippen molar-refractivity contribution in [3.63, 3.8) is 0 Å². The van der Waals surface area contributed by atoms with E-state index in [2.05, 4.69) is 5.32 Å². The van der Waals surface area contributed by atoms with Gasteiger partial charge in [0.25, 0.3) is 0 Å². The molecule has 0 saturated heterocycles. The minimum absolute atomic E-state index is 0.0973. The molecule has 0 aromatic carbocycles. The lowest BCUT2D eigenvalue weighted by Gasteiger charge is -2.21. The molecule has 106 valence electrons. The van der Waals surface area contributed by atoms with E-state index in [1.165, 1.54) is 0 Å². The van der Waals surface area contributed by atoms with Crippen LogP contribution in [0.3, 0.4) is 0 Å². The molecule has 4 nitrogen and oxygen atoms in total. The van der Waals surface area contributed by atoms with Gasteiger partial charge in [-0.3, -0.25) is 0 Å². The zero-order valence-electron chi connectivity index (χ0n) is 11.6. The molecule has 1 atom stereocenters. The van der Waals surface area contributed by atoms with E-state index in [1.807, 2.05) is 39.1 Å². The van der Waals surface area contributed by atoms with Crippen LogP contribution in [0.1, 0.15) is 44.2 Å². The van der Waals surface area contributed by atoms with Gasteiger partial charge in [0, 0.05) is 11.3 Å². The quantitative estimate of drug-likeness (QED) is 0.838. The molecule has 19 heavy (non-hydrogen) atoms. The van der Waals surface area contributed by atoms with Crippen molar-refractivity contribution < 1.29 is 9.53 Å². The van der Waals surface area contributed by atoms with Gasteiger partial charge < -0.3 is 15.8 Å². The van der Waals surface area contributed by atoms with Crippen molar-refractivity contribution in [3.05, 3.63) is 21.9 Å². The molecule has 0 bridgehead atoms. The summed E-state index contributed by atoms with van der Waals surface area (Å²) in [7, 11) is 0. The number of ether oxygens (including phenoxy) is 1. The summed E-state index contributed by atoms with van der Waals surface area (Å²) in [5, 5.41) is 4.81. The van der Waals surface area contributed by atoms with E-state index >= 15 is 0 Å². The van der Waals surface area contributed by atoms with Crippen LogP contribution in [0.5, 0.6) is 0 Å². The van der Waals surface area contributed by atoms with Gasteiger partial charge in [-0.2, -0.15) is 0 Å². The molecule has 0 saturated carbocycles. The van der Waals surface area contributed by atoms with Crippen molar-refractivity contribution in [1.29, 1.82) is 0 Å². The Morgan fingerprint density at radius 2 is 2.21 bits per heavy atom. The van der Waals surface area contributed by atoms with Crippen LogP contribution in [-0.4, -0.2) is 16.7 Å². The van der Waals surface area contributed by atoms with Crippen LogP contribution in [0.15, 0.2) is 11.4 Å². The molecule has 0 spiro atoms. The molecule has 0 aliphatic carbocycles. The lowest BCUT2D eigenvalue weighted by Crippen LogP contribution is -2.33. The highest BCUT2D eigenvalue weighted by Crippen LogP contribution is 2.22. The van der Waals surface area contributed by atoms with Gasteiger partial charge in [0.2, 0.25) is 0 Å². The predicted octanol–water partition coefficient (Wildman–Crippen LogP) is 3.16. The smallest absolute Gasteiger partial charge is 0.408 e. The van der Waals surface area contributed by atoms with Crippen LogP contribution >= 0.6 is 23.6 Å². The number of rotatable bonds is 4. The number of nitrogens with one attached hydrogen (secondary N) is 1. The Bertz CT molecular complexity index is 463. The average Bonchev–Trinajstić information content (AvgIpc) is 2.61. The molecule has 1 aromatic heterocycles. The summed E-state index contributed by atoms with van der Waals surface area (Å²) in [6.07, 6.45) is 0.176. The van der Waals surface area contributed by atoms with E-state index in [4.69, 9.17) is 22.7 Å². The number of alkyl carbamates (subject to hydrolysis) is 1. The van der Waals surface area contributed by atoms with Gasteiger partial charge in [0.05, 0.1) is 11.0 Å². The zero-order chi connectivity index (χ0) is 14.6. The van der Waals surface area contributed by atoms with E-state index in [0.717, 1.165) is 10.4 Å². The fraction of sp³-hybridized carbons (Fsp3) is 0.538. The van der Waals surface area contributed by atoms with Crippen molar-refractivity contribution in [2.45, 2.75) is 45.8 Å². The van der Waals surface area contributed by atoms with Gasteiger partial charge in [0.15, 0.2) is 0 Å². The lowest BCUT2D eigenvalue weighted by atomic mass is 10.2. The second-order valence-corrected chi connectivity index (χ2v) is 6.84. The Hall–Kier alpha value is -1.14. The van der Waals surface area contributed by atoms with E-state index < -0.39 is 11.7 Å². The molecule has 0 unspecified atom stereocenters. The van der Waals surface area contributed by atoms with Gasteiger partial charge in [-0.05, 0) is 44.7 Å². The Kier molecular flexibility index (Phi) is 5.31. The van der Waals surface area contributed by atoms with Crippen molar-refractivity contribution in [2.75, 3.05) is 0 Å². The standard InChI is InChI=1S/C13H20N2O2S2/c1-8(15-12(16)17-13(2,3)4)10-5-9(7-19-10)6-11(14)18/h5,7-8H,6H2,1-4H3,(H2,14,18)(H,15,16)/t8-/m1/s1. The summed E-state index contributed by atoms with van der Waals surface area (Å²) >= 11 is 6.45.